The van der Waals surface area contributed by atoms with Crippen LogP contribution in [0.1, 0.15) is 19.4 Å². The molecule has 182 valence electrons. The minimum atomic E-state index is -3.51. The summed E-state index contributed by atoms with van der Waals surface area (Å²) >= 11 is 0. The van der Waals surface area contributed by atoms with E-state index in [9.17, 15) is 17.6 Å². The number of amides is 1. The summed E-state index contributed by atoms with van der Waals surface area (Å²) < 4.78 is 55.4. The fourth-order valence-corrected chi connectivity index (χ4v) is 3.97. The molecule has 0 aromatic heterocycles. The number of carbonyl (C=O) groups excluding carboxylic acids is 1. The maximum absolute atomic E-state index is 13.2. The number of benzene rings is 2. The average molecular weight is 483 g/mol. The second kappa shape index (κ2) is 12.4. The molecule has 1 amide bonds. The molecule has 10 heteroatoms. The van der Waals surface area contributed by atoms with Gasteiger partial charge in [-0.05, 0) is 36.1 Å². The van der Waals surface area contributed by atoms with Gasteiger partial charge < -0.3 is 19.5 Å². The number of nitrogens with one attached hydrogen (secondary N) is 2. The molecular formula is C23H31FN2O6S. The Morgan fingerprint density at radius 3 is 2.42 bits per heavy atom. The summed E-state index contributed by atoms with van der Waals surface area (Å²) in [6.07, 6.45) is 1.48. The van der Waals surface area contributed by atoms with Gasteiger partial charge >= 0.3 is 0 Å². The van der Waals surface area contributed by atoms with Crippen LogP contribution in [0.15, 0.2) is 42.5 Å². The monoisotopic (exact) mass is 482 g/mol. The van der Waals surface area contributed by atoms with Gasteiger partial charge in [0.25, 0.3) is 0 Å². The molecule has 0 aliphatic rings. The number of halogens is 1. The van der Waals surface area contributed by atoms with E-state index >= 15 is 0 Å². The Hall–Kier alpha value is -2.85. The lowest BCUT2D eigenvalue weighted by Gasteiger charge is -2.21. The van der Waals surface area contributed by atoms with Gasteiger partial charge in [0.15, 0.2) is 11.5 Å². The summed E-state index contributed by atoms with van der Waals surface area (Å²) in [5, 5.41) is 2.77. The van der Waals surface area contributed by atoms with Crippen molar-refractivity contribution in [1.29, 1.82) is 0 Å². The molecule has 0 saturated carbocycles. The third-order valence-corrected chi connectivity index (χ3v) is 5.34. The Bertz CT molecular complexity index is 1030. The number of rotatable bonds is 13. The Morgan fingerprint density at radius 2 is 1.79 bits per heavy atom. The quantitative estimate of drug-likeness (QED) is 0.426. The molecule has 1 atom stereocenters. The lowest BCUT2D eigenvalue weighted by Crippen LogP contribution is -2.49. The molecular weight excluding hydrogens is 451 g/mol. The molecule has 0 fully saturated rings. The van der Waals surface area contributed by atoms with E-state index in [-0.39, 0.29) is 31.5 Å². The number of ether oxygens (including phenoxy) is 3. The molecule has 0 spiro atoms. The van der Waals surface area contributed by atoms with Crippen LogP contribution >= 0.6 is 0 Å². The van der Waals surface area contributed by atoms with Crippen molar-refractivity contribution < 1.29 is 31.8 Å². The van der Waals surface area contributed by atoms with E-state index in [0.29, 0.717) is 23.7 Å². The van der Waals surface area contributed by atoms with Gasteiger partial charge in [-0.3, -0.25) is 4.79 Å². The number of carbonyl (C=O) groups is 1. The van der Waals surface area contributed by atoms with Crippen LogP contribution in [0.4, 0.5) is 4.39 Å². The number of hydrogen-bond donors (Lipinski definition) is 2. The molecule has 0 saturated heterocycles. The topological polar surface area (TPSA) is 103 Å². The summed E-state index contributed by atoms with van der Waals surface area (Å²) in [6, 6.07) is 10.4. The van der Waals surface area contributed by atoms with E-state index in [1.807, 2.05) is 12.1 Å². The molecule has 2 aromatic rings. The van der Waals surface area contributed by atoms with E-state index in [4.69, 9.17) is 14.2 Å². The first-order valence-electron chi connectivity index (χ1n) is 10.5. The lowest BCUT2D eigenvalue weighted by molar-refractivity contribution is -0.123. The highest BCUT2D eigenvalue weighted by Crippen LogP contribution is 2.31. The minimum Gasteiger partial charge on any atom is -0.493 e. The van der Waals surface area contributed by atoms with Crippen molar-refractivity contribution in [2.75, 3.05) is 33.1 Å². The zero-order chi connectivity index (χ0) is 24.4. The smallest absolute Gasteiger partial charge is 0.238 e. The summed E-state index contributed by atoms with van der Waals surface area (Å²) in [6.45, 7) is 4.27. The van der Waals surface area contributed by atoms with Gasteiger partial charge in [0, 0.05) is 12.6 Å². The van der Waals surface area contributed by atoms with Gasteiger partial charge in [-0.1, -0.05) is 32.0 Å². The van der Waals surface area contributed by atoms with Crippen LogP contribution in [0.5, 0.6) is 17.2 Å². The van der Waals surface area contributed by atoms with E-state index in [0.717, 1.165) is 11.8 Å². The van der Waals surface area contributed by atoms with Gasteiger partial charge in [0.05, 0.1) is 13.4 Å². The van der Waals surface area contributed by atoms with Gasteiger partial charge in [-0.15, -0.1) is 0 Å². The second-order valence-electron chi connectivity index (χ2n) is 7.76. The van der Waals surface area contributed by atoms with Crippen LogP contribution in [-0.4, -0.2) is 53.5 Å². The molecule has 0 heterocycles. The fourth-order valence-electron chi connectivity index (χ4n) is 3.12. The maximum Gasteiger partial charge on any atom is 0.238 e. The first-order chi connectivity index (χ1) is 15.6. The third-order valence-electron chi connectivity index (χ3n) is 4.65. The molecule has 1 unspecified atom stereocenters. The normalized spacial score (nSPS) is 12.3. The Labute approximate surface area is 194 Å². The summed E-state index contributed by atoms with van der Waals surface area (Å²) in [5.74, 6) is 0.494. The van der Waals surface area contributed by atoms with E-state index in [2.05, 4.69) is 10.0 Å². The predicted octanol–water partition coefficient (Wildman–Crippen LogP) is 2.52. The Balaban J connectivity index is 1.91. The van der Waals surface area contributed by atoms with Crippen molar-refractivity contribution in [3.63, 3.8) is 0 Å². The van der Waals surface area contributed by atoms with Crippen molar-refractivity contribution in [3.8, 4) is 17.2 Å². The van der Waals surface area contributed by atoms with Crippen LogP contribution in [0, 0.1) is 11.7 Å². The highest BCUT2D eigenvalue weighted by Gasteiger charge is 2.25. The van der Waals surface area contributed by atoms with Gasteiger partial charge in [0.2, 0.25) is 15.9 Å². The molecule has 33 heavy (non-hydrogen) atoms. The summed E-state index contributed by atoms with van der Waals surface area (Å²) in [7, 11) is -1.99. The number of para-hydroxylation sites is 1. The van der Waals surface area contributed by atoms with Gasteiger partial charge in [-0.25, -0.2) is 17.5 Å². The van der Waals surface area contributed by atoms with Crippen LogP contribution in [0.25, 0.3) is 0 Å². The molecule has 2 aromatic carbocycles. The van der Waals surface area contributed by atoms with Crippen molar-refractivity contribution in [1.82, 2.24) is 10.0 Å². The molecule has 0 aliphatic heterocycles. The average Bonchev–Trinajstić information content (AvgIpc) is 2.74. The number of hydrogen-bond acceptors (Lipinski definition) is 6. The molecule has 0 bridgehead atoms. The first kappa shape index (κ1) is 26.4. The molecule has 0 aliphatic carbocycles. The zero-order valence-electron chi connectivity index (χ0n) is 19.3. The van der Waals surface area contributed by atoms with Crippen LogP contribution < -0.4 is 24.2 Å². The van der Waals surface area contributed by atoms with Crippen LogP contribution in [0.2, 0.25) is 0 Å². The predicted molar refractivity (Wildman–Crippen MR) is 124 cm³/mol. The van der Waals surface area contributed by atoms with Gasteiger partial charge in [-0.2, -0.15) is 0 Å². The lowest BCUT2D eigenvalue weighted by atomic mass is 10.0. The first-order valence-corrected chi connectivity index (χ1v) is 12.4. The van der Waals surface area contributed by atoms with Crippen LogP contribution in [-0.2, 0) is 21.2 Å². The van der Waals surface area contributed by atoms with E-state index < -0.39 is 22.0 Å². The van der Waals surface area contributed by atoms with Crippen molar-refractivity contribution >= 4 is 15.9 Å². The summed E-state index contributed by atoms with van der Waals surface area (Å²) in [4.78, 5) is 12.5. The Kier molecular flexibility index (Phi) is 9.93. The SMILES string of the molecule is COc1c(CCNC(=O)C(NS(C)(=O)=O)C(C)C)cccc1OCCOc1cccc(F)c1. The fraction of sp³-hybridized carbons (Fsp3) is 0.435. The Morgan fingerprint density at radius 1 is 1.09 bits per heavy atom. The van der Waals surface area contributed by atoms with Crippen LogP contribution in [0.3, 0.4) is 0 Å². The van der Waals surface area contributed by atoms with E-state index in [1.165, 1.54) is 19.2 Å². The third kappa shape index (κ3) is 8.89. The molecule has 2 N–H and O–H groups in total. The highest BCUT2D eigenvalue weighted by atomic mass is 32.2. The van der Waals surface area contributed by atoms with Gasteiger partial charge in [0.1, 0.15) is 30.8 Å². The second-order valence-corrected chi connectivity index (χ2v) is 9.54. The number of methoxy groups -OCH3 is 1. The molecule has 2 rings (SSSR count). The molecule has 8 nitrogen and oxygen atoms in total. The largest absolute Gasteiger partial charge is 0.493 e. The van der Waals surface area contributed by atoms with Crippen molar-refractivity contribution in [3.05, 3.63) is 53.8 Å². The van der Waals surface area contributed by atoms with Crippen molar-refractivity contribution in [2.24, 2.45) is 5.92 Å². The maximum atomic E-state index is 13.2. The highest BCUT2D eigenvalue weighted by molar-refractivity contribution is 7.88. The minimum absolute atomic E-state index is 0.208. The molecule has 0 radical (unpaired) electrons. The zero-order valence-corrected chi connectivity index (χ0v) is 20.1. The van der Waals surface area contributed by atoms with E-state index in [1.54, 1.807) is 32.0 Å². The van der Waals surface area contributed by atoms with Crippen molar-refractivity contribution in [2.45, 2.75) is 26.3 Å². The summed E-state index contributed by atoms with van der Waals surface area (Å²) in [5.41, 5.74) is 0.818. The number of sulfonamides is 1. The standard InChI is InChI=1S/C23H31FN2O6S/c1-16(2)21(26-33(4,28)29)23(27)25-12-11-17-7-5-10-20(22(17)30-3)32-14-13-31-19-9-6-8-18(24)15-19/h5-10,15-16,21,26H,11-14H2,1-4H3,(H,25,27).